The molecule has 0 saturated heterocycles. The second-order valence-electron chi connectivity index (χ2n) is 3.60. The molecule has 0 saturated carbocycles. The summed E-state index contributed by atoms with van der Waals surface area (Å²) < 4.78 is 10.4. The molecular formula is C12H17NO4. The summed E-state index contributed by atoms with van der Waals surface area (Å²) in [4.78, 5) is 12.8. The van der Waals surface area contributed by atoms with Crippen LogP contribution in [-0.2, 0) is 4.79 Å². The number of methoxy groups -OCH3 is 2. The highest BCUT2D eigenvalue weighted by atomic mass is 16.5. The van der Waals surface area contributed by atoms with Crippen LogP contribution in [0.3, 0.4) is 0 Å². The van der Waals surface area contributed by atoms with E-state index in [1.54, 1.807) is 26.3 Å². The van der Waals surface area contributed by atoms with Gasteiger partial charge in [0.2, 0.25) is 0 Å². The SMILES string of the molecule is COc1cc(N(C)C(=O)CO)c(OC)cc1C. The molecule has 0 aliphatic rings. The highest BCUT2D eigenvalue weighted by molar-refractivity contribution is 5.95. The number of benzene rings is 1. The van der Waals surface area contributed by atoms with E-state index in [2.05, 4.69) is 0 Å². The Kier molecular flexibility index (Phi) is 4.34. The van der Waals surface area contributed by atoms with E-state index in [-0.39, 0.29) is 0 Å². The summed E-state index contributed by atoms with van der Waals surface area (Å²) >= 11 is 0. The molecule has 0 radical (unpaired) electrons. The molecule has 0 spiro atoms. The number of aliphatic hydroxyl groups excluding tert-OH is 1. The Labute approximate surface area is 101 Å². The Balaban J connectivity index is 3.25. The van der Waals surface area contributed by atoms with Crippen LogP contribution in [0.25, 0.3) is 0 Å². The molecule has 1 aromatic carbocycles. The van der Waals surface area contributed by atoms with Crippen LogP contribution in [0.5, 0.6) is 11.5 Å². The molecule has 0 aromatic heterocycles. The lowest BCUT2D eigenvalue weighted by atomic mass is 10.1. The third-order valence-corrected chi connectivity index (χ3v) is 2.57. The average molecular weight is 239 g/mol. The number of nitrogens with zero attached hydrogens (tertiary/aromatic N) is 1. The fourth-order valence-corrected chi connectivity index (χ4v) is 1.54. The van der Waals surface area contributed by atoms with Gasteiger partial charge in [-0.25, -0.2) is 0 Å². The summed E-state index contributed by atoms with van der Waals surface area (Å²) in [5.74, 6) is 0.820. The molecule has 17 heavy (non-hydrogen) atoms. The minimum Gasteiger partial charge on any atom is -0.496 e. The number of carbonyl (C=O) groups excluding carboxylic acids is 1. The highest BCUT2D eigenvalue weighted by Crippen LogP contribution is 2.34. The van der Waals surface area contributed by atoms with E-state index >= 15 is 0 Å². The third-order valence-electron chi connectivity index (χ3n) is 2.57. The molecule has 1 aromatic rings. The number of amides is 1. The van der Waals surface area contributed by atoms with Gasteiger partial charge in [0, 0.05) is 13.1 Å². The first-order valence-electron chi connectivity index (χ1n) is 5.15. The molecule has 0 aliphatic heterocycles. The number of likely N-dealkylation sites (N-methyl/N-ethyl adjacent to an activating group) is 1. The van der Waals surface area contributed by atoms with Crippen LogP contribution >= 0.6 is 0 Å². The van der Waals surface area contributed by atoms with E-state index in [1.807, 2.05) is 6.92 Å². The maximum absolute atomic E-state index is 11.4. The van der Waals surface area contributed by atoms with Crippen molar-refractivity contribution in [2.45, 2.75) is 6.92 Å². The van der Waals surface area contributed by atoms with Gasteiger partial charge in [0.05, 0.1) is 19.9 Å². The maximum atomic E-state index is 11.4. The lowest BCUT2D eigenvalue weighted by Gasteiger charge is -2.20. The lowest BCUT2D eigenvalue weighted by Crippen LogP contribution is -2.29. The molecule has 1 amide bonds. The molecule has 5 nitrogen and oxygen atoms in total. The molecule has 1 N–H and O–H groups in total. The van der Waals surface area contributed by atoms with Gasteiger partial charge in [-0.3, -0.25) is 4.79 Å². The molecule has 1 rings (SSSR count). The van der Waals surface area contributed by atoms with Gasteiger partial charge in [-0.2, -0.15) is 0 Å². The first-order chi connectivity index (χ1) is 8.04. The van der Waals surface area contributed by atoms with Gasteiger partial charge in [0.25, 0.3) is 5.91 Å². The predicted molar refractivity (Wildman–Crippen MR) is 64.8 cm³/mol. The molecule has 0 fully saturated rings. The van der Waals surface area contributed by atoms with Crippen molar-refractivity contribution in [1.82, 2.24) is 0 Å². The van der Waals surface area contributed by atoms with Gasteiger partial charge in [-0.1, -0.05) is 0 Å². The first-order valence-corrected chi connectivity index (χ1v) is 5.15. The average Bonchev–Trinajstić information content (AvgIpc) is 2.36. The summed E-state index contributed by atoms with van der Waals surface area (Å²) in [5, 5.41) is 8.85. The zero-order chi connectivity index (χ0) is 13.0. The summed E-state index contributed by atoms with van der Waals surface area (Å²) in [6.07, 6.45) is 0. The van der Waals surface area contributed by atoms with Gasteiger partial charge in [-0.15, -0.1) is 0 Å². The summed E-state index contributed by atoms with van der Waals surface area (Å²) in [7, 11) is 4.67. The highest BCUT2D eigenvalue weighted by Gasteiger charge is 2.16. The van der Waals surface area contributed by atoms with Crippen LogP contribution in [0.1, 0.15) is 5.56 Å². The quantitative estimate of drug-likeness (QED) is 0.850. The Morgan fingerprint density at radius 1 is 1.29 bits per heavy atom. The smallest absolute Gasteiger partial charge is 0.252 e. The minimum atomic E-state index is -0.546. The van der Waals surface area contributed by atoms with Crippen molar-refractivity contribution in [1.29, 1.82) is 0 Å². The summed E-state index contributed by atoms with van der Waals surface area (Å²) in [6, 6.07) is 3.50. The Bertz CT molecular complexity index is 417. The number of carbonyl (C=O) groups is 1. The summed E-state index contributed by atoms with van der Waals surface area (Å²) in [6.45, 7) is 1.34. The summed E-state index contributed by atoms with van der Waals surface area (Å²) in [5.41, 5.74) is 1.48. The van der Waals surface area contributed by atoms with Gasteiger partial charge in [0.1, 0.15) is 18.1 Å². The van der Waals surface area contributed by atoms with Crippen LogP contribution < -0.4 is 14.4 Å². The number of aliphatic hydroxyl groups is 1. The van der Waals surface area contributed by atoms with Crippen LogP contribution in [0.2, 0.25) is 0 Å². The molecule has 94 valence electrons. The van der Waals surface area contributed by atoms with Crippen LogP contribution in [0.15, 0.2) is 12.1 Å². The molecule has 5 heteroatoms. The second-order valence-corrected chi connectivity index (χ2v) is 3.60. The number of hydrogen-bond donors (Lipinski definition) is 1. The van der Waals surface area contributed by atoms with Crippen molar-refractivity contribution < 1.29 is 19.4 Å². The Morgan fingerprint density at radius 2 is 1.88 bits per heavy atom. The second kappa shape index (κ2) is 5.54. The molecule has 0 bridgehead atoms. The van der Waals surface area contributed by atoms with Crippen molar-refractivity contribution in [3.63, 3.8) is 0 Å². The molecule has 0 aliphatic carbocycles. The van der Waals surface area contributed by atoms with Crippen molar-refractivity contribution in [2.75, 3.05) is 32.8 Å². The topological polar surface area (TPSA) is 59.0 Å². The van der Waals surface area contributed by atoms with Gasteiger partial charge in [0.15, 0.2) is 0 Å². The Hall–Kier alpha value is -1.75. The zero-order valence-electron chi connectivity index (χ0n) is 10.5. The minimum absolute atomic E-state index is 0.408. The zero-order valence-corrected chi connectivity index (χ0v) is 10.5. The molecule has 0 atom stereocenters. The van der Waals surface area contributed by atoms with Crippen LogP contribution in [-0.4, -0.2) is 38.9 Å². The van der Waals surface area contributed by atoms with Crippen molar-refractivity contribution in [2.24, 2.45) is 0 Å². The van der Waals surface area contributed by atoms with E-state index < -0.39 is 12.5 Å². The third kappa shape index (κ3) is 2.68. The maximum Gasteiger partial charge on any atom is 0.252 e. The number of aryl methyl sites for hydroxylation is 1. The number of anilines is 1. The molecule has 0 heterocycles. The largest absolute Gasteiger partial charge is 0.496 e. The Morgan fingerprint density at radius 3 is 2.35 bits per heavy atom. The number of ether oxygens (including phenoxy) is 2. The van der Waals surface area contributed by atoms with Gasteiger partial charge < -0.3 is 19.5 Å². The van der Waals surface area contributed by atoms with Crippen molar-refractivity contribution >= 4 is 11.6 Å². The number of rotatable bonds is 4. The van der Waals surface area contributed by atoms with Gasteiger partial charge >= 0.3 is 0 Å². The molecular weight excluding hydrogens is 222 g/mol. The van der Waals surface area contributed by atoms with Crippen molar-refractivity contribution in [3.8, 4) is 11.5 Å². The van der Waals surface area contributed by atoms with Crippen molar-refractivity contribution in [3.05, 3.63) is 17.7 Å². The van der Waals surface area contributed by atoms with E-state index in [9.17, 15) is 4.79 Å². The monoisotopic (exact) mass is 239 g/mol. The fourth-order valence-electron chi connectivity index (χ4n) is 1.54. The lowest BCUT2D eigenvalue weighted by molar-refractivity contribution is -0.120. The van der Waals surface area contributed by atoms with Gasteiger partial charge in [-0.05, 0) is 18.6 Å². The first kappa shape index (κ1) is 13.3. The normalized spacial score (nSPS) is 9.94. The van der Waals surface area contributed by atoms with E-state index in [0.29, 0.717) is 17.2 Å². The van der Waals surface area contributed by atoms with Crippen LogP contribution in [0.4, 0.5) is 5.69 Å². The fraction of sp³-hybridized carbons (Fsp3) is 0.417. The predicted octanol–water partition coefficient (Wildman–Crippen LogP) is 0.967. The van der Waals surface area contributed by atoms with E-state index in [1.165, 1.54) is 12.0 Å². The molecule has 0 unspecified atom stereocenters. The standard InChI is InChI=1S/C12H17NO4/c1-8-5-11(17-4)9(6-10(8)16-3)13(2)12(15)7-14/h5-6,14H,7H2,1-4H3. The van der Waals surface area contributed by atoms with Crippen LogP contribution in [0, 0.1) is 6.92 Å². The number of hydrogen-bond acceptors (Lipinski definition) is 4. The van der Waals surface area contributed by atoms with E-state index in [4.69, 9.17) is 14.6 Å². The van der Waals surface area contributed by atoms with E-state index in [0.717, 1.165) is 5.56 Å².